The molecule has 0 spiro atoms. The molecule has 1 unspecified atom stereocenters. The molecule has 0 bridgehead atoms. The van der Waals surface area contributed by atoms with Crippen molar-refractivity contribution >= 4 is 11.3 Å². The average molecular weight is 296 g/mol. The molecule has 1 aromatic rings. The molecular weight excluding hydrogens is 262 g/mol. The highest BCUT2D eigenvalue weighted by Crippen LogP contribution is 2.29. The number of rotatable bonds is 11. The second-order valence-corrected chi connectivity index (χ2v) is 7.28. The lowest BCUT2D eigenvalue weighted by atomic mass is 10.0. The van der Waals surface area contributed by atoms with Gasteiger partial charge in [0, 0.05) is 15.8 Å². The van der Waals surface area contributed by atoms with E-state index in [9.17, 15) is 0 Å². The SMILES string of the molecule is CCCCCCCCCCC(NC)c1cc(C)c(C)s1. The Hall–Kier alpha value is -0.340. The summed E-state index contributed by atoms with van der Waals surface area (Å²) < 4.78 is 0. The molecule has 116 valence electrons. The zero-order valence-corrected chi connectivity index (χ0v) is 14.7. The molecule has 0 saturated heterocycles. The highest BCUT2D eigenvalue weighted by molar-refractivity contribution is 7.12. The minimum Gasteiger partial charge on any atom is -0.312 e. The van der Waals surface area contributed by atoms with Gasteiger partial charge in [0.15, 0.2) is 0 Å². The maximum Gasteiger partial charge on any atom is 0.0412 e. The molecule has 0 saturated carbocycles. The Morgan fingerprint density at radius 3 is 2.10 bits per heavy atom. The van der Waals surface area contributed by atoms with Gasteiger partial charge in [0.25, 0.3) is 0 Å². The predicted octanol–water partition coefficient (Wildman–Crippen LogP) is 6.16. The Balaban J connectivity index is 2.16. The van der Waals surface area contributed by atoms with Crippen molar-refractivity contribution in [2.45, 2.75) is 84.6 Å². The zero-order chi connectivity index (χ0) is 14.8. The van der Waals surface area contributed by atoms with E-state index >= 15 is 0 Å². The van der Waals surface area contributed by atoms with Crippen molar-refractivity contribution in [2.75, 3.05) is 7.05 Å². The molecular formula is C18H33NS. The van der Waals surface area contributed by atoms with Gasteiger partial charge in [-0.25, -0.2) is 0 Å². The van der Waals surface area contributed by atoms with Gasteiger partial charge in [0.05, 0.1) is 0 Å². The van der Waals surface area contributed by atoms with Gasteiger partial charge in [-0.3, -0.25) is 0 Å². The lowest BCUT2D eigenvalue weighted by Crippen LogP contribution is -2.14. The van der Waals surface area contributed by atoms with Crippen LogP contribution < -0.4 is 5.32 Å². The molecule has 0 fully saturated rings. The summed E-state index contributed by atoms with van der Waals surface area (Å²) >= 11 is 1.96. The van der Waals surface area contributed by atoms with E-state index in [1.807, 2.05) is 11.3 Å². The van der Waals surface area contributed by atoms with Crippen molar-refractivity contribution in [3.8, 4) is 0 Å². The van der Waals surface area contributed by atoms with Crippen LogP contribution in [0.2, 0.25) is 0 Å². The first kappa shape index (κ1) is 17.7. The summed E-state index contributed by atoms with van der Waals surface area (Å²) in [6, 6.07) is 2.93. The van der Waals surface area contributed by atoms with Gasteiger partial charge in [0.2, 0.25) is 0 Å². The molecule has 1 N–H and O–H groups in total. The Morgan fingerprint density at radius 1 is 1.00 bits per heavy atom. The van der Waals surface area contributed by atoms with Crippen molar-refractivity contribution in [3.63, 3.8) is 0 Å². The van der Waals surface area contributed by atoms with Crippen LogP contribution in [0.3, 0.4) is 0 Å². The molecule has 0 amide bonds. The van der Waals surface area contributed by atoms with Gasteiger partial charge < -0.3 is 5.32 Å². The van der Waals surface area contributed by atoms with Crippen molar-refractivity contribution in [3.05, 3.63) is 21.4 Å². The number of hydrogen-bond donors (Lipinski definition) is 1. The van der Waals surface area contributed by atoms with E-state index < -0.39 is 0 Å². The summed E-state index contributed by atoms with van der Waals surface area (Å²) in [6.07, 6.45) is 12.5. The molecule has 20 heavy (non-hydrogen) atoms. The van der Waals surface area contributed by atoms with Gasteiger partial charge in [-0.1, -0.05) is 58.3 Å². The predicted molar refractivity (Wildman–Crippen MR) is 92.8 cm³/mol. The molecule has 1 nitrogen and oxygen atoms in total. The standard InChI is InChI=1S/C18H33NS/c1-5-6-7-8-9-10-11-12-13-17(19-4)18-14-15(2)16(3)20-18/h14,17,19H,5-13H2,1-4H3. The van der Waals surface area contributed by atoms with Gasteiger partial charge in [-0.15, -0.1) is 11.3 Å². The quantitative estimate of drug-likeness (QED) is 0.482. The highest BCUT2D eigenvalue weighted by atomic mass is 32.1. The van der Waals surface area contributed by atoms with Crippen molar-refractivity contribution in [1.29, 1.82) is 0 Å². The normalized spacial score (nSPS) is 12.8. The fourth-order valence-electron chi connectivity index (χ4n) is 2.68. The van der Waals surface area contributed by atoms with Gasteiger partial charge in [0.1, 0.15) is 0 Å². The van der Waals surface area contributed by atoms with Crippen LogP contribution in [-0.4, -0.2) is 7.05 Å². The Labute approximate surface area is 130 Å². The van der Waals surface area contributed by atoms with E-state index in [2.05, 4.69) is 39.2 Å². The van der Waals surface area contributed by atoms with Crippen LogP contribution in [0.1, 0.15) is 86.1 Å². The third-order valence-electron chi connectivity index (χ3n) is 4.22. The highest BCUT2D eigenvalue weighted by Gasteiger charge is 2.12. The third-order valence-corrected chi connectivity index (χ3v) is 5.49. The van der Waals surface area contributed by atoms with Crippen LogP contribution in [0.25, 0.3) is 0 Å². The van der Waals surface area contributed by atoms with Crippen molar-refractivity contribution in [1.82, 2.24) is 5.32 Å². The van der Waals surface area contributed by atoms with Gasteiger partial charge in [-0.05, 0) is 38.9 Å². The average Bonchev–Trinajstić information content (AvgIpc) is 2.77. The maximum absolute atomic E-state index is 3.49. The lowest BCUT2D eigenvalue weighted by molar-refractivity contribution is 0.499. The molecule has 1 heterocycles. The second kappa shape index (κ2) is 10.4. The minimum absolute atomic E-state index is 0.562. The van der Waals surface area contributed by atoms with E-state index in [4.69, 9.17) is 0 Å². The van der Waals surface area contributed by atoms with Crippen LogP contribution >= 0.6 is 11.3 Å². The molecule has 1 rings (SSSR count). The van der Waals surface area contributed by atoms with E-state index in [0.29, 0.717) is 6.04 Å². The third kappa shape index (κ3) is 6.41. The zero-order valence-electron chi connectivity index (χ0n) is 13.9. The second-order valence-electron chi connectivity index (χ2n) is 5.99. The fraction of sp³-hybridized carbons (Fsp3) is 0.778. The Morgan fingerprint density at radius 2 is 1.60 bits per heavy atom. The van der Waals surface area contributed by atoms with E-state index in [1.165, 1.54) is 73.1 Å². The van der Waals surface area contributed by atoms with Crippen molar-refractivity contribution < 1.29 is 0 Å². The van der Waals surface area contributed by atoms with Crippen LogP contribution in [0, 0.1) is 13.8 Å². The summed E-state index contributed by atoms with van der Waals surface area (Å²) in [5.41, 5.74) is 1.45. The number of hydrogen-bond acceptors (Lipinski definition) is 2. The first-order valence-electron chi connectivity index (χ1n) is 8.43. The summed E-state index contributed by atoms with van der Waals surface area (Å²) in [6.45, 7) is 6.73. The first-order valence-corrected chi connectivity index (χ1v) is 9.24. The summed E-state index contributed by atoms with van der Waals surface area (Å²) in [5.74, 6) is 0. The minimum atomic E-state index is 0.562. The smallest absolute Gasteiger partial charge is 0.0412 e. The van der Waals surface area contributed by atoms with Gasteiger partial charge >= 0.3 is 0 Å². The van der Waals surface area contributed by atoms with Crippen molar-refractivity contribution in [2.24, 2.45) is 0 Å². The van der Waals surface area contributed by atoms with Crippen LogP contribution in [0.4, 0.5) is 0 Å². The number of aryl methyl sites for hydroxylation is 2. The first-order chi connectivity index (χ1) is 9.69. The monoisotopic (exact) mass is 295 g/mol. The molecule has 2 heteroatoms. The molecule has 0 aliphatic carbocycles. The molecule has 0 aliphatic heterocycles. The molecule has 0 radical (unpaired) electrons. The number of nitrogens with one attached hydrogen (secondary N) is 1. The van der Waals surface area contributed by atoms with E-state index in [1.54, 1.807) is 0 Å². The molecule has 0 aliphatic rings. The lowest BCUT2D eigenvalue weighted by Gasteiger charge is -2.14. The van der Waals surface area contributed by atoms with E-state index in [-0.39, 0.29) is 0 Å². The number of thiophene rings is 1. The summed E-state index contributed by atoms with van der Waals surface area (Å²) in [7, 11) is 2.10. The fourth-order valence-corrected chi connectivity index (χ4v) is 3.87. The largest absolute Gasteiger partial charge is 0.312 e. The van der Waals surface area contributed by atoms with E-state index in [0.717, 1.165) is 0 Å². The molecule has 0 aromatic carbocycles. The molecule has 1 aromatic heterocycles. The number of unbranched alkanes of at least 4 members (excludes halogenated alkanes) is 7. The van der Waals surface area contributed by atoms with Crippen LogP contribution in [0.15, 0.2) is 6.07 Å². The van der Waals surface area contributed by atoms with Crippen LogP contribution in [0.5, 0.6) is 0 Å². The van der Waals surface area contributed by atoms with Gasteiger partial charge in [-0.2, -0.15) is 0 Å². The summed E-state index contributed by atoms with van der Waals surface area (Å²) in [4.78, 5) is 2.99. The Kier molecular flexibility index (Phi) is 9.21. The van der Waals surface area contributed by atoms with Crippen LogP contribution in [-0.2, 0) is 0 Å². The summed E-state index contributed by atoms with van der Waals surface area (Å²) in [5, 5.41) is 3.49. The maximum atomic E-state index is 3.49. The topological polar surface area (TPSA) is 12.0 Å². The Bertz CT molecular complexity index is 337. The molecule has 1 atom stereocenters.